The molecule has 0 radical (unpaired) electrons. The van der Waals surface area contributed by atoms with Crippen molar-refractivity contribution in [3.8, 4) is 17.2 Å². The molecule has 0 saturated heterocycles. The number of nitrogens with zero attached hydrogens (tertiary/aromatic N) is 2. The van der Waals surface area contributed by atoms with Gasteiger partial charge in [0.05, 0.1) is 30.4 Å². The van der Waals surface area contributed by atoms with Crippen molar-refractivity contribution in [3.63, 3.8) is 0 Å². The van der Waals surface area contributed by atoms with Gasteiger partial charge >= 0.3 is 0 Å². The predicted octanol–water partition coefficient (Wildman–Crippen LogP) is 3.28. The average molecular weight is 304 g/mol. The van der Waals surface area contributed by atoms with Crippen LogP contribution in [0.1, 0.15) is 0 Å². The molecular weight excluding hydrogens is 290 g/mol. The summed E-state index contributed by atoms with van der Waals surface area (Å²) in [4.78, 5) is 4.33. The number of para-hydroxylation sites is 1. The van der Waals surface area contributed by atoms with E-state index in [1.165, 1.54) is 0 Å². The Balaban J connectivity index is 2.30. The number of nitrogen functional groups attached to an aromatic ring is 1. The molecule has 1 heterocycles. The summed E-state index contributed by atoms with van der Waals surface area (Å²) < 4.78 is 12.4. The van der Waals surface area contributed by atoms with Crippen molar-refractivity contribution in [2.45, 2.75) is 0 Å². The zero-order chi connectivity index (χ0) is 15.0. The fraction of sp³-hybridized carbons (Fsp3) is 0.133. The van der Waals surface area contributed by atoms with Crippen molar-refractivity contribution in [1.82, 2.24) is 9.55 Å². The summed E-state index contributed by atoms with van der Waals surface area (Å²) in [7, 11) is 3.20. The number of imidazole rings is 1. The second kappa shape index (κ2) is 5.18. The Labute approximate surface area is 126 Å². The highest BCUT2D eigenvalue weighted by atomic mass is 35.5. The maximum Gasteiger partial charge on any atom is 0.206 e. The first-order valence-corrected chi connectivity index (χ1v) is 6.68. The van der Waals surface area contributed by atoms with E-state index in [0.717, 1.165) is 11.2 Å². The van der Waals surface area contributed by atoms with Crippen molar-refractivity contribution in [3.05, 3.63) is 41.4 Å². The second-order valence-corrected chi connectivity index (χ2v) is 4.86. The number of aromatic nitrogens is 2. The molecule has 0 aliphatic rings. The Morgan fingerprint density at radius 1 is 1.14 bits per heavy atom. The number of nitrogens with two attached hydrogens (primary N) is 1. The molecule has 21 heavy (non-hydrogen) atoms. The van der Waals surface area contributed by atoms with Crippen LogP contribution >= 0.6 is 11.6 Å². The smallest absolute Gasteiger partial charge is 0.206 e. The summed E-state index contributed by atoms with van der Waals surface area (Å²) in [6.45, 7) is 0. The van der Waals surface area contributed by atoms with E-state index in [0.29, 0.717) is 28.0 Å². The van der Waals surface area contributed by atoms with Gasteiger partial charge in [-0.15, -0.1) is 0 Å². The molecule has 0 spiro atoms. The van der Waals surface area contributed by atoms with Crippen LogP contribution in [0, 0.1) is 0 Å². The first kappa shape index (κ1) is 13.6. The van der Waals surface area contributed by atoms with Crippen LogP contribution < -0.4 is 15.2 Å². The Hall–Kier alpha value is -2.40. The molecule has 5 nitrogen and oxygen atoms in total. The lowest BCUT2D eigenvalue weighted by atomic mass is 10.2. The molecule has 0 bridgehead atoms. The van der Waals surface area contributed by atoms with Crippen LogP contribution in [0.3, 0.4) is 0 Å². The molecule has 1 aromatic heterocycles. The minimum atomic E-state index is 0.349. The van der Waals surface area contributed by atoms with Crippen LogP contribution in [-0.4, -0.2) is 23.8 Å². The number of benzene rings is 2. The zero-order valence-corrected chi connectivity index (χ0v) is 12.4. The van der Waals surface area contributed by atoms with Crippen molar-refractivity contribution < 1.29 is 9.47 Å². The number of anilines is 1. The van der Waals surface area contributed by atoms with E-state index in [9.17, 15) is 0 Å². The minimum absolute atomic E-state index is 0.349. The first-order chi connectivity index (χ1) is 10.2. The highest BCUT2D eigenvalue weighted by Crippen LogP contribution is 2.34. The van der Waals surface area contributed by atoms with E-state index in [1.807, 2.05) is 24.3 Å². The summed E-state index contributed by atoms with van der Waals surface area (Å²) in [5, 5.41) is 0.561. The van der Waals surface area contributed by atoms with E-state index >= 15 is 0 Å². The largest absolute Gasteiger partial charge is 0.497 e. The lowest BCUT2D eigenvalue weighted by Crippen LogP contribution is -2.03. The van der Waals surface area contributed by atoms with Gasteiger partial charge in [0.25, 0.3) is 0 Å². The summed E-state index contributed by atoms with van der Waals surface area (Å²) in [5.41, 5.74) is 8.32. The van der Waals surface area contributed by atoms with Crippen LogP contribution in [0.2, 0.25) is 5.02 Å². The molecular formula is C15H14ClN3O2. The van der Waals surface area contributed by atoms with Crippen molar-refractivity contribution in [1.29, 1.82) is 0 Å². The van der Waals surface area contributed by atoms with E-state index < -0.39 is 0 Å². The number of hydrogen-bond donors (Lipinski definition) is 1. The second-order valence-electron chi connectivity index (χ2n) is 4.45. The maximum absolute atomic E-state index is 6.17. The van der Waals surface area contributed by atoms with E-state index in [-0.39, 0.29) is 0 Å². The molecule has 2 N–H and O–H groups in total. The Kier molecular flexibility index (Phi) is 3.35. The third-order valence-electron chi connectivity index (χ3n) is 3.29. The highest BCUT2D eigenvalue weighted by molar-refractivity contribution is 6.35. The molecule has 0 fully saturated rings. The van der Waals surface area contributed by atoms with Gasteiger partial charge in [0, 0.05) is 6.07 Å². The van der Waals surface area contributed by atoms with Gasteiger partial charge in [0.15, 0.2) is 0 Å². The number of halogens is 1. The Bertz CT molecular complexity index is 814. The topological polar surface area (TPSA) is 62.3 Å². The standard InChI is InChI=1S/C15H14ClN3O2/c1-20-9-6-7-11(13(8-9)21-2)19-12-5-3-4-10(16)14(12)18-15(19)17/h3-8H,1-2H3,(H2,17,18). The highest BCUT2D eigenvalue weighted by Gasteiger charge is 2.16. The first-order valence-electron chi connectivity index (χ1n) is 6.30. The number of fused-ring (bicyclic) bond motifs is 1. The lowest BCUT2D eigenvalue weighted by Gasteiger charge is -2.13. The number of methoxy groups -OCH3 is 2. The summed E-state index contributed by atoms with van der Waals surface area (Å²) in [5.74, 6) is 1.69. The summed E-state index contributed by atoms with van der Waals surface area (Å²) >= 11 is 6.17. The number of rotatable bonds is 3. The van der Waals surface area contributed by atoms with Gasteiger partial charge in [0.1, 0.15) is 17.0 Å². The Morgan fingerprint density at radius 2 is 1.95 bits per heavy atom. The van der Waals surface area contributed by atoms with Crippen LogP contribution in [0.4, 0.5) is 5.95 Å². The normalized spacial score (nSPS) is 10.8. The van der Waals surface area contributed by atoms with E-state index in [1.54, 1.807) is 30.9 Å². The molecule has 3 aromatic rings. The summed E-state index contributed by atoms with van der Waals surface area (Å²) in [6, 6.07) is 11.1. The predicted molar refractivity (Wildman–Crippen MR) is 83.6 cm³/mol. The Morgan fingerprint density at radius 3 is 2.67 bits per heavy atom. The zero-order valence-electron chi connectivity index (χ0n) is 11.6. The maximum atomic E-state index is 6.17. The third-order valence-corrected chi connectivity index (χ3v) is 3.59. The molecule has 0 aliphatic heterocycles. The molecule has 0 amide bonds. The van der Waals surface area contributed by atoms with Crippen molar-refractivity contribution >= 4 is 28.6 Å². The molecule has 6 heteroatoms. The number of hydrogen-bond acceptors (Lipinski definition) is 4. The lowest BCUT2D eigenvalue weighted by molar-refractivity contribution is 0.393. The van der Waals surface area contributed by atoms with Gasteiger partial charge in [0.2, 0.25) is 5.95 Å². The quantitative estimate of drug-likeness (QED) is 0.806. The van der Waals surface area contributed by atoms with E-state index in [4.69, 9.17) is 26.8 Å². The average Bonchev–Trinajstić information content (AvgIpc) is 2.84. The van der Waals surface area contributed by atoms with Crippen LogP contribution in [0.5, 0.6) is 11.5 Å². The SMILES string of the molecule is COc1ccc(-n2c(N)nc3c(Cl)cccc32)c(OC)c1. The summed E-state index contributed by atoms with van der Waals surface area (Å²) in [6.07, 6.45) is 0. The van der Waals surface area contributed by atoms with Gasteiger partial charge in [-0.1, -0.05) is 17.7 Å². The van der Waals surface area contributed by atoms with Crippen LogP contribution in [0.25, 0.3) is 16.7 Å². The van der Waals surface area contributed by atoms with Crippen molar-refractivity contribution in [2.24, 2.45) is 0 Å². The van der Waals surface area contributed by atoms with Gasteiger partial charge < -0.3 is 15.2 Å². The molecule has 0 atom stereocenters. The number of ether oxygens (including phenoxy) is 2. The van der Waals surface area contributed by atoms with Crippen LogP contribution in [-0.2, 0) is 0 Å². The van der Waals surface area contributed by atoms with Gasteiger partial charge in [-0.05, 0) is 24.3 Å². The fourth-order valence-electron chi connectivity index (χ4n) is 2.31. The fourth-order valence-corrected chi connectivity index (χ4v) is 2.52. The van der Waals surface area contributed by atoms with Gasteiger partial charge in [-0.3, -0.25) is 4.57 Å². The molecule has 0 saturated carbocycles. The minimum Gasteiger partial charge on any atom is -0.497 e. The van der Waals surface area contributed by atoms with Crippen LogP contribution in [0.15, 0.2) is 36.4 Å². The molecule has 108 valence electrons. The van der Waals surface area contributed by atoms with E-state index in [2.05, 4.69) is 4.98 Å². The molecule has 3 rings (SSSR count). The monoisotopic (exact) mass is 303 g/mol. The van der Waals surface area contributed by atoms with Gasteiger partial charge in [-0.2, -0.15) is 0 Å². The molecule has 0 aliphatic carbocycles. The third kappa shape index (κ3) is 2.15. The van der Waals surface area contributed by atoms with Crippen molar-refractivity contribution in [2.75, 3.05) is 20.0 Å². The van der Waals surface area contributed by atoms with Gasteiger partial charge in [-0.25, -0.2) is 4.98 Å². The molecule has 0 unspecified atom stereocenters. The molecule has 2 aromatic carbocycles.